The van der Waals surface area contributed by atoms with E-state index in [1.54, 1.807) is 35.6 Å². The van der Waals surface area contributed by atoms with Crippen molar-refractivity contribution in [1.82, 2.24) is 4.90 Å². The fraction of sp³-hybridized carbons (Fsp3) is 0.250. The summed E-state index contributed by atoms with van der Waals surface area (Å²) in [5.41, 5.74) is 1.14. The van der Waals surface area contributed by atoms with Gasteiger partial charge in [-0.25, -0.2) is 0 Å². The highest BCUT2D eigenvalue weighted by molar-refractivity contribution is 7.10. The standard InChI is InChI=1S/C16H15NO2S/c18-11-12-4-1-5-13(10-12)16(19)17-8-2-6-14(17)15-7-3-9-20-15/h1,3-5,7,9-11,14H,2,6,8H2. The quantitative estimate of drug-likeness (QED) is 0.809. The minimum atomic E-state index is 0.0181. The van der Waals surface area contributed by atoms with Crippen molar-refractivity contribution < 1.29 is 9.59 Å². The van der Waals surface area contributed by atoms with E-state index in [0.717, 1.165) is 25.7 Å². The van der Waals surface area contributed by atoms with Crippen molar-refractivity contribution in [1.29, 1.82) is 0 Å². The third-order valence-corrected chi connectivity index (χ3v) is 4.63. The molecule has 2 aromatic rings. The Kier molecular flexibility index (Phi) is 3.65. The van der Waals surface area contributed by atoms with E-state index in [1.165, 1.54) is 4.88 Å². The number of carbonyl (C=O) groups excluding carboxylic acids is 2. The third kappa shape index (κ3) is 2.39. The molecule has 1 fully saturated rings. The molecule has 1 aliphatic heterocycles. The number of hydrogen-bond acceptors (Lipinski definition) is 3. The number of rotatable bonds is 3. The smallest absolute Gasteiger partial charge is 0.254 e. The van der Waals surface area contributed by atoms with Gasteiger partial charge in [0.25, 0.3) is 5.91 Å². The second-order valence-electron chi connectivity index (χ2n) is 4.92. The first-order valence-corrected chi connectivity index (χ1v) is 7.57. The molecule has 1 aromatic heterocycles. The first kappa shape index (κ1) is 13.1. The lowest BCUT2D eigenvalue weighted by molar-refractivity contribution is 0.0738. The Morgan fingerprint density at radius 1 is 1.30 bits per heavy atom. The molecule has 0 radical (unpaired) electrons. The molecule has 1 atom stereocenters. The Hall–Kier alpha value is -1.94. The molecule has 1 unspecified atom stereocenters. The molecule has 0 bridgehead atoms. The van der Waals surface area contributed by atoms with E-state index in [2.05, 4.69) is 6.07 Å². The van der Waals surface area contributed by atoms with Crippen molar-refractivity contribution in [3.8, 4) is 0 Å². The number of aldehydes is 1. The number of hydrogen-bond donors (Lipinski definition) is 0. The van der Waals surface area contributed by atoms with Gasteiger partial charge in [-0.3, -0.25) is 9.59 Å². The second-order valence-corrected chi connectivity index (χ2v) is 5.89. The minimum absolute atomic E-state index is 0.0181. The molecule has 0 spiro atoms. The van der Waals surface area contributed by atoms with E-state index in [1.807, 2.05) is 16.3 Å². The summed E-state index contributed by atoms with van der Waals surface area (Å²) in [7, 11) is 0. The van der Waals surface area contributed by atoms with Crippen LogP contribution in [0.5, 0.6) is 0 Å². The second kappa shape index (κ2) is 5.59. The summed E-state index contributed by atoms with van der Waals surface area (Å²) < 4.78 is 0. The van der Waals surface area contributed by atoms with Crippen LogP contribution in [-0.2, 0) is 0 Å². The van der Waals surface area contributed by atoms with Crippen LogP contribution in [0.15, 0.2) is 41.8 Å². The number of amides is 1. The van der Waals surface area contributed by atoms with Crippen molar-refractivity contribution in [3.05, 3.63) is 57.8 Å². The van der Waals surface area contributed by atoms with Crippen LogP contribution in [0.2, 0.25) is 0 Å². The summed E-state index contributed by atoms with van der Waals surface area (Å²) in [6, 6.07) is 11.2. The highest BCUT2D eigenvalue weighted by Gasteiger charge is 2.31. The largest absolute Gasteiger partial charge is 0.331 e. The van der Waals surface area contributed by atoms with Crippen molar-refractivity contribution in [3.63, 3.8) is 0 Å². The van der Waals surface area contributed by atoms with Crippen LogP contribution < -0.4 is 0 Å². The van der Waals surface area contributed by atoms with Gasteiger partial charge < -0.3 is 4.90 Å². The van der Waals surface area contributed by atoms with E-state index in [-0.39, 0.29) is 11.9 Å². The topological polar surface area (TPSA) is 37.4 Å². The normalized spacial score (nSPS) is 18.2. The Labute approximate surface area is 121 Å². The minimum Gasteiger partial charge on any atom is -0.331 e. The molecule has 1 amide bonds. The van der Waals surface area contributed by atoms with Gasteiger partial charge in [-0.1, -0.05) is 18.2 Å². The van der Waals surface area contributed by atoms with E-state index in [9.17, 15) is 9.59 Å². The molecule has 3 nitrogen and oxygen atoms in total. The highest BCUT2D eigenvalue weighted by atomic mass is 32.1. The summed E-state index contributed by atoms with van der Waals surface area (Å²) in [6.45, 7) is 0.784. The van der Waals surface area contributed by atoms with Crippen LogP contribution in [0.4, 0.5) is 0 Å². The van der Waals surface area contributed by atoms with Crippen molar-refractivity contribution >= 4 is 23.5 Å². The first-order chi connectivity index (χ1) is 9.79. The fourth-order valence-electron chi connectivity index (χ4n) is 2.70. The molecular formula is C16H15NO2S. The zero-order chi connectivity index (χ0) is 13.9. The van der Waals surface area contributed by atoms with Gasteiger partial charge in [0.1, 0.15) is 6.29 Å². The molecule has 1 aliphatic rings. The van der Waals surface area contributed by atoms with Gasteiger partial charge in [-0.2, -0.15) is 0 Å². The predicted molar refractivity (Wildman–Crippen MR) is 79.2 cm³/mol. The van der Waals surface area contributed by atoms with Crippen molar-refractivity contribution in [2.75, 3.05) is 6.54 Å². The Morgan fingerprint density at radius 2 is 2.20 bits per heavy atom. The van der Waals surface area contributed by atoms with Crippen LogP contribution in [0.25, 0.3) is 0 Å². The number of likely N-dealkylation sites (tertiary alicyclic amines) is 1. The Morgan fingerprint density at radius 3 is 2.95 bits per heavy atom. The van der Waals surface area contributed by atoms with Crippen molar-refractivity contribution in [2.24, 2.45) is 0 Å². The van der Waals surface area contributed by atoms with Gasteiger partial charge in [0.05, 0.1) is 6.04 Å². The summed E-state index contributed by atoms with van der Waals surface area (Å²) >= 11 is 1.69. The number of thiophene rings is 1. The van der Waals surface area contributed by atoms with Gasteiger partial charge in [0.15, 0.2) is 0 Å². The molecule has 0 N–H and O–H groups in total. The fourth-order valence-corrected chi connectivity index (χ4v) is 3.57. The van der Waals surface area contributed by atoms with Gasteiger partial charge in [-0.05, 0) is 36.4 Å². The van der Waals surface area contributed by atoms with Gasteiger partial charge >= 0.3 is 0 Å². The maximum Gasteiger partial charge on any atom is 0.254 e. The average Bonchev–Trinajstić information content (AvgIpc) is 3.16. The monoisotopic (exact) mass is 285 g/mol. The highest BCUT2D eigenvalue weighted by Crippen LogP contribution is 2.35. The van der Waals surface area contributed by atoms with Crippen LogP contribution in [0.3, 0.4) is 0 Å². The van der Waals surface area contributed by atoms with Gasteiger partial charge in [-0.15, -0.1) is 11.3 Å². The SMILES string of the molecule is O=Cc1cccc(C(=O)N2CCCC2c2cccs2)c1. The predicted octanol–water partition coefficient (Wildman–Crippen LogP) is 3.54. The summed E-state index contributed by atoms with van der Waals surface area (Å²) in [4.78, 5) is 26.6. The molecule has 3 rings (SSSR count). The van der Waals surface area contributed by atoms with E-state index in [0.29, 0.717) is 11.1 Å². The zero-order valence-corrected chi connectivity index (χ0v) is 11.8. The van der Waals surface area contributed by atoms with Crippen LogP contribution in [0.1, 0.15) is 44.5 Å². The summed E-state index contributed by atoms with van der Waals surface area (Å²) in [5, 5.41) is 2.04. The molecular weight excluding hydrogens is 270 g/mol. The lowest BCUT2D eigenvalue weighted by Crippen LogP contribution is -2.30. The van der Waals surface area contributed by atoms with Crippen molar-refractivity contribution in [2.45, 2.75) is 18.9 Å². The summed E-state index contributed by atoms with van der Waals surface area (Å²) in [6.07, 6.45) is 2.82. The maximum absolute atomic E-state index is 12.6. The number of benzene rings is 1. The molecule has 1 aromatic carbocycles. The van der Waals surface area contributed by atoms with Gasteiger partial charge in [0.2, 0.25) is 0 Å². The molecule has 2 heterocycles. The zero-order valence-electron chi connectivity index (χ0n) is 11.0. The Bertz CT molecular complexity index is 621. The van der Waals surface area contributed by atoms with Crippen LogP contribution in [0, 0.1) is 0 Å². The Balaban J connectivity index is 1.87. The van der Waals surface area contributed by atoms with E-state index >= 15 is 0 Å². The maximum atomic E-state index is 12.6. The first-order valence-electron chi connectivity index (χ1n) is 6.69. The molecule has 102 valence electrons. The molecule has 0 saturated carbocycles. The molecule has 20 heavy (non-hydrogen) atoms. The lowest BCUT2D eigenvalue weighted by Gasteiger charge is -2.24. The number of nitrogens with zero attached hydrogens (tertiary/aromatic N) is 1. The molecule has 1 saturated heterocycles. The van der Waals surface area contributed by atoms with E-state index in [4.69, 9.17) is 0 Å². The third-order valence-electron chi connectivity index (χ3n) is 3.65. The summed E-state index contributed by atoms with van der Waals surface area (Å²) in [5.74, 6) is 0.0181. The number of carbonyl (C=O) groups is 2. The van der Waals surface area contributed by atoms with Crippen LogP contribution >= 0.6 is 11.3 Å². The molecule has 0 aliphatic carbocycles. The van der Waals surface area contributed by atoms with E-state index < -0.39 is 0 Å². The lowest BCUT2D eigenvalue weighted by atomic mass is 10.1. The van der Waals surface area contributed by atoms with Crippen LogP contribution in [-0.4, -0.2) is 23.6 Å². The molecule has 4 heteroatoms. The average molecular weight is 285 g/mol. The van der Waals surface area contributed by atoms with Gasteiger partial charge in [0, 0.05) is 22.5 Å².